The van der Waals surface area contributed by atoms with Gasteiger partial charge >= 0.3 is 5.97 Å². The van der Waals surface area contributed by atoms with Crippen molar-refractivity contribution >= 4 is 12.0 Å². The second kappa shape index (κ2) is 3.75. The maximum Gasteiger partial charge on any atom is 0.364 e. The van der Waals surface area contributed by atoms with Gasteiger partial charge in [0.1, 0.15) is 0 Å². The number of carbonyl (C=O) groups is 1. The van der Waals surface area contributed by atoms with Crippen LogP contribution in [0.25, 0.3) is 6.08 Å². The number of carboxylic acid groups (broad SMARTS) is 1. The van der Waals surface area contributed by atoms with Gasteiger partial charge in [0, 0.05) is 12.3 Å². The number of aryl methyl sites for hydroxylation is 1. The fourth-order valence-electron chi connectivity index (χ4n) is 0.744. The van der Waals surface area contributed by atoms with E-state index in [0.717, 1.165) is 6.08 Å². The molecule has 0 saturated heterocycles. The highest BCUT2D eigenvalue weighted by Gasteiger charge is 2.05. The Kier molecular flexibility index (Phi) is 2.69. The Bertz CT molecular complexity index is 363. The van der Waals surface area contributed by atoms with Gasteiger partial charge in [0.15, 0.2) is 0 Å². The van der Waals surface area contributed by atoms with Crippen LogP contribution in [0.3, 0.4) is 0 Å². The third-order valence-electron chi connectivity index (χ3n) is 1.25. The fourth-order valence-corrected chi connectivity index (χ4v) is 0.744. The molecule has 0 spiro atoms. The van der Waals surface area contributed by atoms with E-state index in [1.54, 1.807) is 6.92 Å². The maximum absolute atomic E-state index is 12.5. The molecule has 0 aromatic carbocycles. The third kappa shape index (κ3) is 2.62. The van der Waals surface area contributed by atoms with E-state index in [1.807, 2.05) is 0 Å². The first-order valence-electron chi connectivity index (χ1n) is 3.49. The average molecular weight is 182 g/mol. The number of aromatic nitrogens is 2. The van der Waals surface area contributed by atoms with Crippen LogP contribution in [0.2, 0.25) is 0 Å². The highest BCUT2D eigenvalue weighted by Crippen LogP contribution is 2.04. The molecular formula is C8H7FN2O2. The van der Waals surface area contributed by atoms with E-state index in [-0.39, 0.29) is 5.69 Å². The lowest BCUT2D eigenvalue weighted by Gasteiger charge is -1.93. The van der Waals surface area contributed by atoms with Gasteiger partial charge in [-0.15, -0.1) is 0 Å². The van der Waals surface area contributed by atoms with Gasteiger partial charge in [-0.3, -0.25) is 9.97 Å². The summed E-state index contributed by atoms with van der Waals surface area (Å²) in [5.41, 5.74) is 0.798. The highest BCUT2D eigenvalue weighted by atomic mass is 19.1. The van der Waals surface area contributed by atoms with Crippen molar-refractivity contribution in [2.24, 2.45) is 0 Å². The zero-order chi connectivity index (χ0) is 9.84. The number of nitrogens with zero attached hydrogens (tertiary/aromatic N) is 2. The monoisotopic (exact) mass is 182 g/mol. The molecule has 0 aliphatic carbocycles. The Morgan fingerprint density at radius 1 is 1.62 bits per heavy atom. The molecule has 0 bridgehead atoms. The first-order chi connectivity index (χ1) is 6.09. The summed E-state index contributed by atoms with van der Waals surface area (Å²) >= 11 is 0. The van der Waals surface area contributed by atoms with E-state index in [4.69, 9.17) is 5.11 Å². The molecule has 0 saturated carbocycles. The van der Waals surface area contributed by atoms with Crippen molar-refractivity contribution in [3.8, 4) is 0 Å². The van der Waals surface area contributed by atoms with Crippen molar-refractivity contribution in [3.05, 3.63) is 29.6 Å². The first-order valence-corrected chi connectivity index (χ1v) is 3.49. The average Bonchev–Trinajstić information content (AvgIpc) is 2.04. The second-order valence-electron chi connectivity index (χ2n) is 2.38. The van der Waals surface area contributed by atoms with Crippen molar-refractivity contribution in [2.75, 3.05) is 0 Å². The molecule has 0 aliphatic rings. The first kappa shape index (κ1) is 9.31. The fraction of sp³-hybridized carbons (Fsp3) is 0.125. The molecule has 0 unspecified atom stereocenters. The predicted octanol–water partition coefficient (Wildman–Crippen LogP) is 1.18. The lowest BCUT2D eigenvalue weighted by Crippen LogP contribution is -1.95. The van der Waals surface area contributed by atoms with Gasteiger partial charge in [-0.1, -0.05) is 0 Å². The summed E-state index contributed by atoms with van der Waals surface area (Å²) in [6, 6.07) is 0. The van der Waals surface area contributed by atoms with Crippen LogP contribution in [0.15, 0.2) is 18.2 Å². The van der Waals surface area contributed by atoms with Crippen LogP contribution >= 0.6 is 0 Å². The second-order valence-corrected chi connectivity index (χ2v) is 2.38. The Hall–Kier alpha value is -1.78. The summed E-state index contributed by atoms with van der Waals surface area (Å²) in [7, 11) is 0. The van der Waals surface area contributed by atoms with Crippen molar-refractivity contribution in [1.82, 2.24) is 9.97 Å². The molecule has 0 aliphatic heterocycles. The van der Waals surface area contributed by atoms with Crippen LogP contribution in [-0.2, 0) is 4.79 Å². The van der Waals surface area contributed by atoms with Crippen molar-refractivity contribution < 1.29 is 14.3 Å². The number of carboxylic acids is 1. The van der Waals surface area contributed by atoms with Gasteiger partial charge in [-0.2, -0.15) is 4.39 Å². The van der Waals surface area contributed by atoms with E-state index < -0.39 is 11.8 Å². The minimum Gasteiger partial charge on any atom is -0.476 e. The van der Waals surface area contributed by atoms with E-state index in [1.165, 1.54) is 12.4 Å². The number of hydrogen-bond donors (Lipinski definition) is 1. The molecule has 0 atom stereocenters. The maximum atomic E-state index is 12.5. The molecule has 5 heteroatoms. The van der Waals surface area contributed by atoms with Crippen molar-refractivity contribution in [2.45, 2.75) is 6.92 Å². The Morgan fingerprint density at radius 2 is 2.31 bits per heavy atom. The zero-order valence-electron chi connectivity index (χ0n) is 6.86. The van der Waals surface area contributed by atoms with Crippen LogP contribution in [0.5, 0.6) is 0 Å². The smallest absolute Gasteiger partial charge is 0.364 e. The van der Waals surface area contributed by atoms with E-state index in [2.05, 4.69) is 9.97 Å². The van der Waals surface area contributed by atoms with Crippen LogP contribution in [0.4, 0.5) is 4.39 Å². The van der Waals surface area contributed by atoms with Crippen molar-refractivity contribution in [3.63, 3.8) is 0 Å². The summed E-state index contributed by atoms with van der Waals surface area (Å²) < 4.78 is 12.5. The summed E-state index contributed by atoms with van der Waals surface area (Å²) in [6.45, 7) is 1.68. The van der Waals surface area contributed by atoms with Gasteiger partial charge in [-0.25, -0.2) is 4.79 Å². The zero-order valence-corrected chi connectivity index (χ0v) is 6.86. The molecule has 1 heterocycles. The SMILES string of the molecule is Cc1cncc(/C=C(\F)C(=O)O)n1. The van der Waals surface area contributed by atoms with E-state index >= 15 is 0 Å². The van der Waals surface area contributed by atoms with Crippen LogP contribution < -0.4 is 0 Å². The molecular weight excluding hydrogens is 175 g/mol. The van der Waals surface area contributed by atoms with Gasteiger partial charge < -0.3 is 5.11 Å². The third-order valence-corrected chi connectivity index (χ3v) is 1.25. The predicted molar refractivity (Wildman–Crippen MR) is 43.5 cm³/mol. The molecule has 1 N–H and O–H groups in total. The normalized spacial score (nSPS) is 11.4. The number of rotatable bonds is 2. The largest absolute Gasteiger partial charge is 0.476 e. The summed E-state index contributed by atoms with van der Waals surface area (Å²) in [5, 5.41) is 8.22. The summed E-state index contributed by atoms with van der Waals surface area (Å²) in [5.74, 6) is -2.86. The molecule has 0 radical (unpaired) electrons. The molecule has 0 fully saturated rings. The molecule has 1 aromatic heterocycles. The van der Waals surface area contributed by atoms with Crippen LogP contribution in [0.1, 0.15) is 11.4 Å². The van der Waals surface area contributed by atoms with Gasteiger partial charge in [0.25, 0.3) is 0 Å². The van der Waals surface area contributed by atoms with Crippen LogP contribution in [-0.4, -0.2) is 21.0 Å². The highest BCUT2D eigenvalue weighted by molar-refractivity contribution is 5.89. The molecule has 1 aromatic rings. The standard InChI is InChI=1S/C8H7FN2O2/c1-5-3-10-4-6(11-5)2-7(9)8(12)13/h2-4H,1H3,(H,12,13)/b7-2-. The Balaban J connectivity index is 2.97. The molecule has 68 valence electrons. The van der Waals surface area contributed by atoms with Gasteiger partial charge in [-0.05, 0) is 6.92 Å². The Morgan fingerprint density at radius 3 is 2.85 bits per heavy atom. The van der Waals surface area contributed by atoms with Crippen molar-refractivity contribution in [1.29, 1.82) is 0 Å². The number of aliphatic carboxylic acids is 1. The molecule has 1 rings (SSSR count). The van der Waals surface area contributed by atoms with Gasteiger partial charge in [0.05, 0.1) is 17.6 Å². The van der Waals surface area contributed by atoms with E-state index in [9.17, 15) is 9.18 Å². The van der Waals surface area contributed by atoms with Gasteiger partial charge in [0.2, 0.25) is 5.83 Å². The molecule has 13 heavy (non-hydrogen) atoms. The van der Waals surface area contributed by atoms with Crippen LogP contribution in [0, 0.1) is 6.92 Å². The lowest BCUT2D eigenvalue weighted by molar-refractivity contribution is -0.134. The molecule has 4 nitrogen and oxygen atoms in total. The molecule has 0 amide bonds. The summed E-state index contributed by atoms with van der Waals surface area (Å²) in [6.07, 6.45) is 3.61. The number of hydrogen-bond acceptors (Lipinski definition) is 3. The topological polar surface area (TPSA) is 63.1 Å². The summed E-state index contributed by atoms with van der Waals surface area (Å²) in [4.78, 5) is 17.7. The Labute approximate surface area is 73.8 Å². The minimum atomic E-state index is -1.61. The minimum absolute atomic E-state index is 0.194. The quantitative estimate of drug-likeness (QED) is 0.697. The number of halogens is 1. The van der Waals surface area contributed by atoms with E-state index in [0.29, 0.717) is 5.69 Å². The lowest BCUT2D eigenvalue weighted by atomic mass is 10.3.